The average molecular weight is 980 g/mol. The quantitative estimate of drug-likeness (QED) is 0.0197. The molecule has 0 aromatic carbocycles. The van der Waals surface area contributed by atoms with Crippen LogP contribution in [0.3, 0.4) is 0 Å². The largest absolute Gasteiger partial charge is 0.756 e. The number of hydrogen-bond acceptors (Lipinski definition) is 7. The number of carbonyl (C=O) groups is 1. The number of quaternary nitrogens is 1. The lowest BCUT2D eigenvalue weighted by atomic mass is 10.0. The van der Waals surface area contributed by atoms with Crippen molar-refractivity contribution in [2.24, 2.45) is 0 Å². The van der Waals surface area contributed by atoms with Crippen LogP contribution in [-0.4, -0.2) is 70.7 Å². The molecule has 0 saturated heterocycles. The summed E-state index contributed by atoms with van der Waals surface area (Å²) in [6.45, 7) is 5.11. The summed E-state index contributed by atoms with van der Waals surface area (Å²) in [5, 5.41) is 0. The van der Waals surface area contributed by atoms with Crippen LogP contribution in [-0.2, 0) is 27.9 Å². The van der Waals surface area contributed by atoms with Crippen LogP contribution in [0, 0.1) is 0 Å². The van der Waals surface area contributed by atoms with E-state index >= 15 is 0 Å². The van der Waals surface area contributed by atoms with E-state index in [1.165, 1.54) is 64.2 Å². The normalized spacial score (nSPS) is 14.5. The van der Waals surface area contributed by atoms with E-state index in [9.17, 15) is 14.3 Å². The highest BCUT2D eigenvalue weighted by Gasteiger charge is 2.20. The zero-order chi connectivity index (χ0) is 50.5. The number of phosphoric ester groups is 1. The fraction of sp³-hybridized carbons (Fsp3) is 0.650. The standard InChI is InChI=1S/C60H102NO7P/c1-6-8-10-12-14-16-18-20-22-24-26-28-30-32-34-36-38-40-42-44-46-48-50-52-55-65-57-59(58-67-69(63,64)66-56-54-61(3,4)5)68-60(62)53-51-49-47-45-43-41-39-37-35-33-31-29-27-25-23-21-19-17-15-13-11-9-7-2/h8-11,14-17,20-23,26-29,32,34,38,40,59H,6-7,12-13,18-19,24-25,30-31,33,35-37,39,41-58H2,1-5H3/b10-8-,11-9-,16-14-,17-15-,22-20-,23-21-,28-26-,29-27-,34-32-,40-38-. The van der Waals surface area contributed by atoms with Crippen molar-refractivity contribution in [1.82, 2.24) is 0 Å². The lowest BCUT2D eigenvalue weighted by Gasteiger charge is -2.28. The first-order valence-corrected chi connectivity index (χ1v) is 28.7. The Balaban J connectivity index is 4.20. The van der Waals surface area contributed by atoms with Gasteiger partial charge in [-0.3, -0.25) is 9.36 Å². The number of carbonyl (C=O) groups excluding carboxylic acids is 1. The lowest BCUT2D eigenvalue weighted by molar-refractivity contribution is -0.870. The van der Waals surface area contributed by atoms with Crippen molar-refractivity contribution in [3.63, 3.8) is 0 Å². The van der Waals surface area contributed by atoms with Crippen LogP contribution in [0.2, 0.25) is 0 Å². The fourth-order valence-corrected chi connectivity index (χ4v) is 7.62. The Morgan fingerprint density at radius 2 is 0.797 bits per heavy atom. The van der Waals surface area contributed by atoms with Gasteiger partial charge in [-0.15, -0.1) is 0 Å². The minimum Gasteiger partial charge on any atom is -0.756 e. The van der Waals surface area contributed by atoms with Gasteiger partial charge in [-0.2, -0.15) is 0 Å². The molecule has 9 heteroatoms. The zero-order valence-corrected chi connectivity index (χ0v) is 45.6. The molecule has 8 nitrogen and oxygen atoms in total. The van der Waals surface area contributed by atoms with E-state index < -0.39 is 13.9 Å². The van der Waals surface area contributed by atoms with Crippen LogP contribution < -0.4 is 4.89 Å². The monoisotopic (exact) mass is 980 g/mol. The Morgan fingerprint density at radius 1 is 0.449 bits per heavy atom. The van der Waals surface area contributed by atoms with Crippen molar-refractivity contribution in [3.8, 4) is 0 Å². The molecule has 0 bridgehead atoms. The van der Waals surface area contributed by atoms with E-state index in [0.717, 1.165) is 109 Å². The van der Waals surface area contributed by atoms with E-state index in [1.807, 2.05) is 21.1 Å². The molecule has 0 amide bonds. The maximum atomic E-state index is 12.8. The maximum absolute atomic E-state index is 12.8. The minimum absolute atomic E-state index is 0.0138. The third kappa shape index (κ3) is 55.7. The second-order valence-corrected chi connectivity index (χ2v) is 20.2. The number of nitrogens with zero attached hydrogens (tertiary/aromatic N) is 1. The molecule has 0 aromatic heterocycles. The number of unbranched alkanes of at least 4 members (excludes halogenated alkanes) is 15. The van der Waals surface area contributed by atoms with Gasteiger partial charge in [0.05, 0.1) is 34.4 Å². The summed E-state index contributed by atoms with van der Waals surface area (Å²) in [6.07, 6.45) is 73.7. The first-order chi connectivity index (χ1) is 33.6. The summed E-state index contributed by atoms with van der Waals surface area (Å²) in [6, 6.07) is 0. The topological polar surface area (TPSA) is 94.1 Å². The predicted octanol–water partition coefficient (Wildman–Crippen LogP) is 16.6. The maximum Gasteiger partial charge on any atom is 0.306 e. The van der Waals surface area contributed by atoms with Crippen molar-refractivity contribution in [1.29, 1.82) is 0 Å². The molecule has 0 saturated carbocycles. The summed E-state index contributed by atoms with van der Waals surface area (Å²) < 4.78 is 34.8. The minimum atomic E-state index is -4.55. The van der Waals surface area contributed by atoms with Crippen molar-refractivity contribution in [3.05, 3.63) is 122 Å². The summed E-state index contributed by atoms with van der Waals surface area (Å²) in [4.78, 5) is 25.2. The van der Waals surface area contributed by atoms with Gasteiger partial charge in [-0.1, -0.05) is 206 Å². The van der Waals surface area contributed by atoms with E-state index in [-0.39, 0.29) is 25.8 Å². The molecular formula is C60H102NO7P. The van der Waals surface area contributed by atoms with Crippen LogP contribution in [0.5, 0.6) is 0 Å². The molecule has 0 aliphatic heterocycles. The second kappa shape index (κ2) is 51.3. The number of esters is 1. The van der Waals surface area contributed by atoms with Gasteiger partial charge in [0.1, 0.15) is 19.3 Å². The first-order valence-electron chi connectivity index (χ1n) is 27.3. The summed E-state index contributed by atoms with van der Waals surface area (Å²) in [5.74, 6) is -0.351. The van der Waals surface area contributed by atoms with Gasteiger partial charge in [-0.25, -0.2) is 0 Å². The van der Waals surface area contributed by atoms with E-state index in [4.69, 9.17) is 18.5 Å². The predicted molar refractivity (Wildman–Crippen MR) is 295 cm³/mol. The number of ether oxygens (including phenoxy) is 2. The molecule has 0 heterocycles. The van der Waals surface area contributed by atoms with Gasteiger partial charge in [0, 0.05) is 13.0 Å². The molecule has 0 aliphatic carbocycles. The Bertz CT molecular complexity index is 1510. The van der Waals surface area contributed by atoms with Gasteiger partial charge >= 0.3 is 5.97 Å². The van der Waals surface area contributed by atoms with Crippen LogP contribution >= 0.6 is 7.82 Å². The molecule has 0 radical (unpaired) electrons. The van der Waals surface area contributed by atoms with Crippen LogP contribution in [0.1, 0.15) is 194 Å². The van der Waals surface area contributed by atoms with E-state index in [0.29, 0.717) is 24.1 Å². The third-order valence-electron chi connectivity index (χ3n) is 11.0. The third-order valence-corrected chi connectivity index (χ3v) is 12.0. The van der Waals surface area contributed by atoms with Crippen LogP contribution in [0.4, 0.5) is 0 Å². The molecule has 0 spiro atoms. The number of likely N-dealkylation sites (N-methyl/N-ethyl adjacent to an activating group) is 1. The fourth-order valence-electron chi connectivity index (χ4n) is 6.89. The van der Waals surface area contributed by atoms with Gasteiger partial charge in [0.2, 0.25) is 0 Å². The molecule has 2 atom stereocenters. The molecule has 69 heavy (non-hydrogen) atoms. The van der Waals surface area contributed by atoms with Gasteiger partial charge < -0.3 is 27.9 Å². The number of rotatable bonds is 49. The molecule has 0 N–H and O–H groups in total. The summed E-state index contributed by atoms with van der Waals surface area (Å²) in [5.41, 5.74) is 0. The molecule has 0 aliphatic rings. The summed E-state index contributed by atoms with van der Waals surface area (Å²) in [7, 11) is 1.32. The van der Waals surface area contributed by atoms with E-state index in [2.05, 4.69) is 135 Å². The number of phosphoric acid groups is 1. The van der Waals surface area contributed by atoms with Crippen molar-refractivity contribution in [2.45, 2.75) is 200 Å². The van der Waals surface area contributed by atoms with E-state index in [1.54, 1.807) is 0 Å². The average Bonchev–Trinajstić information content (AvgIpc) is 3.31. The first kappa shape index (κ1) is 65.9. The molecule has 394 valence electrons. The highest BCUT2D eigenvalue weighted by atomic mass is 31.2. The molecular weight excluding hydrogens is 878 g/mol. The van der Waals surface area contributed by atoms with Crippen molar-refractivity contribution < 1.29 is 37.3 Å². The molecule has 0 rings (SSSR count). The van der Waals surface area contributed by atoms with Gasteiger partial charge in [-0.05, 0) is 103 Å². The summed E-state index contributed by atoms with van der Waals surface area (Å²) >= 11 is 0. The smallest absolute Gasteiger partial charge is 0.306 e. The zero-order valence-electron chi connectivity index (χ0n) is 44.7. The SMILES string of the molecule is CC/C=C\C/C=C\C/C=C\C/C=C\C/C=C\C/C=C\CCCCCCCOCC(COP(=O)([O-])OCC[N+](C)(C)C)OC(=O)CCCCCCCCCCCC/C=C\C/C=C\C/C=C\C/C=C\CC. The second-order valence-electron chi connectivity index (χ2n) is 18.8. The lowest BCUT2D eigenvalue weighted by Crippen LogP contribution is -2.37. The highest BCUT2D eigenvalue weighted by Crippen LogP contribution is 2.38. The molecule has 0 aromatic rings. The van der Waals surface area contributed by atoms with Crippen molar-refractivity contribution in [2.75, 3.05) is 54.1 Å². The van der Waals surface area contributed by atoms with Gasteiger partial charge in [0.25, 0.3) is 7.82 Å². The Morgan fingerprint density at radius 3 is 1.19 bits per heavy atom. The number of allylic oxidation sites excluding steroid dienone is 20. The Kier molecular flexibility index (Phi) is 49.0. The highest BCUT2D eigenvalue weighted by molar-refractivity contribution is 7.45. The number of hydrogen-bond donors (Lipinski definition) is 0. The molecule has 0 fully saturated rings. The Labute approximate surface area is 424 Å². The van der Waals surface area contributed by atoms with Crippen LogP contribution in [0.15, 0.2) is 122 Å². The van der Waals surface area contributed by atoms with Crippen LogP contribution in [0.25, 0.3) is 0 Å². The Hall–Kier alpha value is -3.10. The molecule has 2 unspecified atom stereocenters. The van der Waals surface area contributed by atoms with Crippen molar-refractivity contribution >= 4 is 13.8 Å². The van der Waals surface area contributed by atoms with Gasteiger partial charge in [0.15, 0.2) is 0 Å².